The number of carbonyl (C=O) groups excluding carboxylic acids is 1. The minimum absolute atomic E-state index is 0.465. The number of rotatable bonds is 1. The molecule has 1 aromatic rings. The van der Waals surface area contributed by atoms with Gasteiger partial charge in [-0.25, -0.2) is 4.79 Å². The summed E-state index contributed by atoms with van der Waals surface area (Å²) in [5.74, 6) is 0. The highest BCUT2D eigenvalue weighted by Gasteiger charge is 1.97. The van der Waals surface area contributed by atoms with Gasteiger partial charge >= 0.3 is 0 Å². The summed E-state index contributed by atoms with van der Waals surface area (Å²) >= 11 is 0. The number of hydrogen-bond acceptors (Lipinski definition) is 3. The first-order chi connectivity index (χ1) is 5.77. The van der Waals surface area contributed by atoms with Crippen LogP contribution in [-0.4, -0.2) is 6.08 Å². The number of nitriles is 1. The van der Waals surface area contributed by atoms with Crippen molar-refractivity contribution in [2.24, 2.45) is 4.99 Å². The van der Waals surface area contributed by atoms with E-state index in [1.54, 1.807) is 18.2 Å². The van der Waals surface area contributed by atoms with Crippen molar-refractivity contribution in [2.75, 3.05) is 0 Å². The molecular formula is C9H6N2O. The van der Waals surface area contributed by atoms with E-state index in [9.17, 15) is 4.79 Å². The van der Waals surface area contributed by atoms with E-state index < -0.39 is 0 Å². The van der Waals surface area contributed by atoms with Crippen LogP contribution in [0.2, 0.25) is 0 Å². The molecule has 3 heteroatoms. The number of nitrogens with zero attached hydrogens (tertiary/aromatic N) is 2. The van der Waals surface area contributed by atoms with E-state index in [0.717, 1.165) is 5.56 Å². The highest BCUT2D eigenvalue weighted by molar-refractivity contribution is 5.54. The van der Waals surface area contributed by atoms with Crippen molar-refractivity contribution >= 4 is 11.8 Å². The van der Waals surface area contributed by atoms with Crippen molar-refractivity contribution in [2.45, 2.75) is 6.92 Å². The minimum atomic E-state index is 0.465. The lowest BCUT2D eigenvalue weighted by atomic mass is 10.1. The van der Waals surface area contributed by atoms with Crippen LogP contribution in [0, 0.1) is 18.3 Å². The molecule has 0 unspecified atom stereocenters. The molecule has 0 heterocycles. The number of aliphatic imine (C=N–C) groups is 1. The molecule has 3 nitrogen and oxygen atoms in total. The van der Waals surface area contributed by atoms with Crippen LogP contribution in [0.25, 0.3) is 0 Å². The fourth-order valence-electron chi connectivity index (χ4n) is 0.853. The van der Waals surface area contributed by atoms with Crippen molar-refractivity contribution in [3.8, 4) is 6.07 Å². The quantitative estimate of drug-likeness (QED) is 0.462. The average Bonchev–Trinajstić information content (AvgIpc) is 2.09. The number of hydrogen-bond donors (Lipinski definition) is 0. The van der Waals surface area contributed by atoms with Crippen molar-refractivity contribution in [3.05, 3.63) is 29.3 Å². The third-order valence-electron chi connectivity index (χ3n) is 1.52. The summed E-state index contributed by atoms with van der Waals surface area (Å²) in [4.78, 5) is 13.3. The zero-order valence-electron chi connectivity index (χ0n) is 6.53. The maximum Gasteiger partial charge on any atom is 0.240 e. The molecule has 0 aromatic heterocycles. The van der Waals surface area contributed by atoms with Crippen molar-refractivity contribution in [1.82, 2.24) is 0 Å². The van der Waals surface area contributed by atoms with Gasteiger partial charge in [0.25, 0.3) is 0 Å². The summed E-state index contributed by atoms with van der Waals surface area (Å²) in [6.45, 7) is 1.83. The van der Waals surface area contributed by atoms with Crippen LogP contribution < -0.4 is 0 Å². The third-order valence-corrected chi connectivity index (χ3v) is 1.52. The Labute approximate surface area is 70.0 Å². The Hall–Kier alpha value is -1.91. The van der Waals surface area contributed by atoms with Crippen LogP contribution in [0.3, 0.4) is 0 Å². The Morgan fingerprint density at radius 1 is 1.50 bits per heavy atom. The largest absolute Gasteiger partial charge is 0.240 e. The molecule has 58 valence electrons. The van der Waals surface area contributed by atoms with Crippen LogP contribution >= 0.6 is 0 Å². The monoisotopic (exact) mass is 158 g/mol. The second kappa shape index (κ2) is 3.47. The number of aryl methyl sites for hydroxylation is 1. The molecule has 0 aliphatic rings. The van der Waals surface area contributed by atoms with E-state index in [1.165, 1.54) is 6.08 Å². The fourth-order valence-corrected chi connectivity index (χ4v) is 0.853. The Balaban J connectivity index is 3.24. The molecule has 0 amide bonds. The Kier molecular flexibility index (Phi) is 2.37. The van der Waals surface area contributed by atoms with E-state index in [4.69, 9.17) is 5.26 Å². The standard InChI is InChI=1S/C9H6N2O/c1-7-2-3-9(11-6-12)4-8(7)5-10/h2-4H,1H3. The average molecular weight is 158 g/mol. The van der Waals surface area contributed by atoms with E-state index in [0.29, 0.717) is 11.3 Å². The Bertz CT molecular complexity index is 384. The van der Waals surface area contributed by atoms with Crippen LogP contribution in [-0.2, 0) is 4.79 Å². The smallest absolute Gasteiger partial charge is 0.211 e. The molecule has 0 fully saturated rings. The molecule has 0 saturated heterocycles. The van der Waals surface area contributed by atoms with Crippen molar-refractivity contribution < 1.29 is 4.79 Å². The third kappa shape index (κ3) is 1.57. The molecule has 0 N–H and O–H groups in total. The van der Waals surface area contributed by atoms with Gasteiger partial charge in [-0.1, -0.05) is 6.07 Å². The van der Waals surface area contributed by atoms with Crippen LogP contribution in [0.4, 0.5) is 5.69 Å². The Morgan fingerprint density at radius 2 is 2.25 bits per heavy atom. The van der Waals surface area contributed by atoms with Gasteiger partial charge in [-0.15, -0.1) is 0 Å². The Morgan fingerprint density at radius 3 is 2.83 bits per heavy atom. The first kappa shape index (κ1) is 8.19. The molecule has 0 atom stereocenters. The lowest BCUT2D eigenvalue weighted by molar-refractivity contribution is 0.565. The van der Waals surface area contributed by atoms with Gasteiger partial charge in [-0.3, -0.25) is 0 Å². The lowest BCUT2D eigenvalue weighted by Crippen LogP contribution is -1.79. The number of isocyanates is 1. The lowest BCUT2D eigenvalue weighted by Gasteiger charge is -1.95. The molecule has 1 rings (SSSR count). The molecule has 0 aliphatic heterocycles. The predicted molar refractivity (Wildman–Crippen MR) is 43.7 cm³/mol. The van der Waals surface area contributed by atoms with E-state index in [2.05, 4.69) is 4.99 Å². The first-order valence-electron chi connectivity index (χ1n) is 3.36. The number of benzene rings is 1. The minimum Gasteiger partial charge on any atom is -0.211 e. The SMILES string of the molecule is Cc1ccc(N=C=O)cc1C#N. The maximum absolute atomic E-state index is 9.88. The molecule has 1 aromatic carbocycles. The van der Waals surface area contributed by atoms with Crippen LogP contribution in [0.5, 0.6) is 0 Å². The van der Waals surface area contributed by atoms with E-state index >= 15 is 0 Å². The van der Waals surface area contributed by atoms with Gasteiger partial charge in [0, 0.05) is 0 Å². The zero-order chi connectivity index (χ0) is 8.97. The summed E-state index contributed by atoms with van der Waals surface area (Å²) in [7, 11) is 0. The van der Waals surface area contributed by atoms with Crippen molar-refractivity contribution in [1.29, 1.82) is 5.26 Å². The summed E-state index contributed by atoms with van der Waals surface area (Å²) in [6, 6.07) is 6.97. The maximum atomic E-state index is 9.88. The van der Waals surface area contributed by atoms with Crippen molar-refractivity contribution in [3.63, 3.8) is 0 Å². The van der Waals surface area contributed by atoms with Gasteiger partial charge < -0.3 is 0 Å². The molecule has 0 spiro atoms. The van der Waals surface area contributed by atoms with E-state index in [1.807, 2.05) is 13.0 Å². The van der Waals surface area contributed by atoms with Crippen LogP contribution in [0.1, 0.15) is 11.1 Å². The van der Waals surface area contributed by atoms with Gasteiger partial charge in [0.1, 0.15) is 0 Å². The normalized spacial score (nSPS) is 8.33. The van der Waals surface area contributed by atoms with Gasteiger partial charge in [0.2, 0.25) is 6.08 Å². The summed E-state index contributed by atoms with van der Waals surface area (Å²) in [5.41, 5.74) is 1.88. The molecule has 0 saturated carbocycles. The van der Waals surface area contributed by atoms with Gasteiger partial charge in [-0.05, 0) is 24.6 Å². The second-order valence-corrected chi connectivity index (χ2v) is 2.31. The summed E-state index contributed by atoms with van der Waals surface area (Å²) < 4.78 is 0. The van der Waals surface area contributed by atoms with Gasteiger partial charge in [0.15, 0.2) is 0 Å². The highest BCUT2D eigenvalue weighted by atomic mass is 16.1. The second-order valence-electron chi connectivity index (χ2n) is 2.31. The first-order valence-corrected chi connectivity index (χ1v) is 3.36. The molecule has 0 aliphatic carbocycles. The molecule has 0 bridgehead atoms. The summed E-state index contributed by atoms with van der Waals surface area (Å²) in [5, 5.41) is 8.62. The zero-order valence-corrected chi connectivity index (χ0v) is 6.53. The molecule has 12 heavy (non-hydrogen) atoms. The van der Waals surface area contributed by atoms with Gasteiger partial charge in [0.05, 0.1) is 17.3 Å². The molecular weight excluding hydrogens is 152 g/mol. The topological polar surface area (TPSA) is 53.2 Å². The van der Waals surface area contributed by atoms with E-state index in [-0.39, 0.29) is 0 Å². The molecule has 0 radical (unpaired) electrons. The predicted octanol–water partition coefficient (Wildman–Crippen LogP) is 1.83. The highest BCUT2D eigenvalue weighted by Crippen LogP contribution is 2.16. The fraction of sp³-hybridized carbons (Fsp3) is 0.111. The van der Waals surface area contributed by atoms with Crippen LogP contribution in [0.15, 0.2) is 23.2 Å². The van der Waals surface area contributed by atoms with Gasteiger partial charge in [-0.2, -0.15) is 10.3 Å². The summed E-state index contributed by atoms with van der Waals surface area (Å²) in [6.07, 6.45) is 1.42.